The van der Waals surface area contributed by atoms with Crippen LogP contribution < -0.4 is 5.32 Å². The molecule has 1 amide bonds. The molecule has 1 unspecified atom stereocenters. The van der Waals surface area contributed by atoms with Crippen LogP contribution in [0.25, 0.3) is 0 Å². The topological polar surface area (TPSA) is 62.2 Å². The summed E-state index contributed by atoms with van der Waals surface area (Å²) in [6.45, 7) is 0.354. The van der Waals surface area contributed by atoms with E-state index in [1.54, 1.807) is 18.3 Å². The molecule has 0 aliphatic heterocycles. The molecule has 0 bridgehead atoms. The first-order valence-corrected chi connectivity index (χ1v) is 8.19. The third-order valence-electron chi connectivity index (χ3n) is 4.60. The average Bonchev–Trinajstić information content (AvgIpc) is 3.41. The van der Waals surface area contributed by atoms with E-state index in [2.05, 4.69) is 10.3 Å². The van der Waals surface area contributed by atoms with E-state index in [0.29, 0.717) is 13.0 Å². The lowest BCUT2D eigenvalue weighted by atomic mass is 9.94. The van der Waals surface area contributed by atoms with Gasteiger partial charge in [0.15, 0.2) is 0 Å². The van der Waals surface area contributed by atoms with E-state index in [0.717, 1.165) is 24.1 Å². The Morgan fingerprint density at radius 2 is 2.12 bits per heavy atom. The molecule has 2 aromatic rings. The standard InChI is InChI=1S/C19H21FN2O2/c20-16-5-3-4-15(11-16)19(7-8-19)18(24)22-12-14(13-23)10-17-6-1-2-9-21-17/h1-6,9,11,14,23H,7-8,10,12-13H2,(H,22,24). The fraction of sp³-hybridized carbons (Fsp3) is 0.368. The lowest BCUT2D eigenvalue weighted by Crippen LogP contribution is -2.39. The number of pyridine rings is 1. The van der Waals surface area contributed by atoms with Gasteiger partial charge in [0.1, 0.15) is 5.82 Å². The number of halogens is 1. The predicted octanol–water partition coefficient (Wildman–Crippen LogP) is 2.22. The van der Waals surface area contributed by atoms with E-state index in [-0.39, 0.29) is 24.2 Å². The summed E-state index contributed by atoms with van der Waals surface area (Å²) in [6.07, 6.45) is 3.77. The molecule has 126 valence electrons. The Labute approximate surface area is 140 Å². The molecule has 1 aliphatic rings. The highest BCUT2D eigenvalue weighted by atomic mass is 19.1. The number of benzene rings is 1. The maximum absolute atomic E-state index is 13.4. The van der Waals surface area contributed by atoms with Crippen LogP contribution in [0.5, 0.6) is 0 Å². The number of nitrogens with one attached hydrogen (secondary N) is 1. The molecule has 1 aromatic carbocycles. The molecule has 5 heteroatoms. The van der Waals surface area contributed by atoms with Gasteiger partial charge in [-0.15, -0.1) is 0 Å². The molecule has 24 heavy (non-hydrogen) atoms. The van der Waals surface area contributed by atoms with E-state index in [4.69, 9.17) is 0 Å². The Bertz CT molecular complexity index is 702. The number of aromatic nitrogens is 1. The molecular formula is C19H21FN2O2. The van der Waals surface area contributed by atoms with Gasteiger partial charge in [0, 0.05) is 31.0 Å². The molecule has 1 fully saturated rings. The van der Waals surface area contributed by atoms with Gasteiger partial charge in [-0.1, -0.05) is 18.2 Å². The van der Waals surface area contributed by atoms with Crippen molar-refractivity contribution >= 4 is 5.91 Å². The Kier molecular flexibility index (Phi) is 4.90. The minimum Gasteiger partial charge on any atom is -0.396 e. The van der Waals surface area contributed by atoms with Crippen LogP contribution in [-0.2, 0) is 16.6 Å². The number of rotatable bonds is 7. The smallest absolute Gasteiger partial charge is 0.230 e. The average molecular weight is 328 g/mol. The van der Waals surface area contributed by atoms with Crippen molar-refractivity contribution in [1.29, 1.82) is 0 Å². The van der Waals surface area contributed by atoms with E-state index < -0.39 is 5.41 Å². The van der Waals surface area contributed by atoms with Gasteiger partial charge < -0.3 is 10.4 Å². The molecule has 4 nitrogen and oxygen atoms in total. The quantitative estimate of drug-likeness (QED) is 0.819. The number of aliphatic hydroxyl groups is 1. The number of carbonyl (C=O) groups is 1. The van der Waals surface area contributed by atoms with Crippen molar-refractivity contribution in [2.45, 2.75) is 24.7 Å². The number of carbonyl (C=O) groups excluding carboxylic acids is 1. The molecule has 0 radical (unpaired) electrons. The summed E-state index contributed by atoms with van der Waals surface area (Å²) in [7, 11) is 0. The summed E-state index contributed by atoms with van der Waals surface area (Å²) in [4.78, 5) is 16.8. The second-order valence-corrected chi connectivity index (χ2v) is 6.38. The third-order valence-corrected chi connectivity index (χ3v) is 4.60. The van der Waals surface area contributed by atoms with Crippen molar-refractivity contribution in [2.75, 3.05) is 13.2 Å². The van der Waals surface area contributed by atoms with Crippen molar-refractivity contribution in [2.24, 2.45) is 5.92 Å². The fourth-order valence-electron chi connectivity index (χ4n) is 2.98. The van der Waals surface area contributed by atoms with Crippen molar-refractivity contribution in [3.05, 3.63) is 65.7 Å². The largest absolute Gasteiger partial charge is 0.396 e. The van der Waals surface area contributed by atoms with Crippen molar-refractivity contribution < 1.29 is 14.3 Å². The zero-order chi connectivity index (χ0) is 17.0. The maximum atomic E-state index is 13.4. The van der Waals surface area contributed by atoms with Gasteiger partial charge in [0.05, 0.1) is 5.41 Å². The van der Waals surface area contributed by atoms with Gasteiger partial charge in [0.2, 0.25) is 5.91 Å². The van der Waals surface area contributed by atoms with E-state index in [1.807, 2.05) is 18.2 Å². The SMILES string of the molecule is O=C(NCC(CO)Cc1ccccn1)C1(c2cccc(F)c2)CC1. The summed E-state index contributed by atoms with van der Waals surface area (Å²) in [6, 6.07) is 11.9. The molecule has 1 aliphatic carbocycles. The number of hydrogen-bond donors (Lipinski definition) is 2. The number of aliphatic hydroxyl groups excluding tert-OH is 1. The van der Waals surface area contributed by atoms with Gasteiger partial charge in [-0.05, 0) is 49.1 Å². The molecule has 1 atom stereocenters. The normalized spacial score (nSPS) is 16.4. The summed E-state index contributed by atoms with van der Waals surface area (Å²) in [5.74, 6) is -0.505. The summed E-state index contributed by atoms with van der Waals surface area (Å²) < 4.78 is 13.4. The Morgan fingerprint density at radius 3 is 2.75 bits per heavy atom. The molecular weight excluding hydrogens is 307 g/mol. The minimum atomic E-state index is -0.604. The third kappa shape index (κ3) is 3.62. The molecule has 0 spiro atoms. The summed E-state index contributed by atoms with van der Waals surface area (Å²) in [5, 5.41) is 12.5. The first-order valence-electron chi connectivity index (χ1n) is 8.19. The second kappa shape index (κ2) is 7.09. The minimum absolute atomic E-state index is 0.0240. The van der Waals surface area contributed by atoms with Crippen LogP contribution in [0.4, 0.5) is 4.39 Å². The molecule has 2 N–H and O–H groups in total. The van der Waals surface area contributed by atoms with Crippen LogP contribution in [-0.4, -0.2) is 29.1 Å². The highest BCUT2D eigenvalue weighted by Gasteiger charge is 2.51. The first-order chi connectivity index (χ1) is 11.6. The second-order valence-electron chi connectivity index (χ2n) is 6.38. The first kappa shape index (κ1) is 16.6. The van der Waals surface area contributed by atoms with Crippen molar-refractivity contribution in [3.63, 3.8) is 0 Å². The van der Waals surface area contributed by atoms with E-state index in [1.165, 1.54) is 12.1 Å². The Hall–Kier alpha value is -2.27. The van der Waals surface area contributed by atoms with Crippen molar-refractivity contribution in [3.8, 4) is 0 Å². The van der Waals surface area contributed by atoms with Crippen LogP contribution in [0, 0.1) is 11.7 Å². The maximum Gasteiger partial charge on any atom is 0.230 e. The highest BCUT2D eigenvalue weighted by Crippen LogP contribution is 2.48. The fourth-order valence-corrected chi connectivity index (χ4v) is 2.98. The molecule has 1 heterocycles. The van der Waals surface area contributed by atoms with Crippen LogP contribution in [0.3, 0.4) is 0 Å². The zero-order valence-corrected chi connectivity index (χ0v) is 13.4. The zero-order valence-electron chi connectivity index (χ0n) is 13.4. The number of nitrogens with zero attached hydrogens (tertiary/aromatic N) is 1. The Morgan fingerprint density at radius 1 is 1.29 bits per heavy atom. The van der Waals surface area contributed by atoms with Crippen LogP contribution in [0.15, 0.2) is 48.7 Å². The van der Waals surface area contributed by atoms with Gasteiger partial charge in [-0.2, -0.15) is 0 Å². The molecule has 1 aromatic heterocycles. The van der Waals surface area contributed by atoms with Gasteiger partial charge in [-0.3, -0.25) is 9.78 Å². The Balaban J connectivity index is 1.60. The lowest BCUT2D eigenvalue weighted by molar-refractivity contribution is -0.123. The molecule has 0 saturated heterocycles. The lowest BCUT2D eigenvalue weighted by Gasteiger charge is -2.19. The van der Waals surface area contributed by atoms with Crippen LogP contribution in [0.2, 0.25) is 0 Å². The summed E-state index contributed by atoms with van der Waals surface area (Å²) in [5.41, 5.74) is 1.01. The summed E-state index contributed by atoms with van der Waals surface area (Å²) >= 11 is 0. The number of amides is 1. The molecule has 3 rings (SSSR count). The van der Waals surface area contributed by atoms with Crippen LogP contribution >= 0.6 is 0 Å². The van der Waals surface area contributed by atoms with Crippen molar-refractivity contribution in [1.82, 2.24) is 10.3 Å². The molecule has 1 saturated carbocycles. The van der Waals surface area contributed by atoms with Gasteiger partial charge in [0.25, 0.3) is 0 Å². The number of hydrogen-bond acceptors (Lipinski definition) is 3. The highest BCUT2D eigenvalue weighted by molar-refractivity contribution is 5.91. The van der Waals surface area contributed by atoms with E-state index >= 15 is 0 Å². The van der Waals surface area contributed by atoms with Gasteiger partial charge >= 0.3 is 0 Å². The van der Waals surface area contributed by atoms with Crippen LogP contribution in [0.1, 0.15) is 24.1 Å². The monoisotopic (exact) mass is 328 g/mol. The van der Waals surface area contributed by atoms with Gasteiger partial charge in [-0.25, -0.2) is 4.39 Å². The predicted molar refractivity (Wildman–Crippen MR) is 88.8 cm³/mol. The van der Waals surface area contributed by atoms with E-state index in [9.17, 15) is 14.3 Å².